The normalized spacial score (nSPS) is 10.3. The molecule has 3 N–H and O–H groups in total. The first-order chi connectivity index (χ1) is 8.56. The quantitative estimate of drug-likeness (QED) is 0.812. The fourth-order valence-electron chi connectivity index (χ4n) is 1.90. The summed E-state index contributed by atoms with van der Waals surface area (Å²) >= 11 is 0. The zero-order valence-corrected chi connectivity index (χ0v) is 10.2. The highest BCUT2D eigenvalue weighted by Crippen LogP contribution is 2.27. The van der Waals surface area contributed by atoms with Gasteiger partial charge >= 0.3 is 5.97 Å². The fraction of sp³-hybridized carbons (Fsp3) is 0.133. The number of nitrogen functional groups attached to an aromatic ring is 1. The highest BCUT2D eigenvalue weighted by atomic mass is 16.4. The van der Waals surface area contributed by atoms with E-state index in [0.29, 0.717) is 0 Å². The molecule has 0 aliphatic heterocycles. The van der Waals surface area contributed by atoms with Crippen molar-refractivity contribution in [3.63, 3.8) is 0 Å². The predicted molar refractivity (Wildman–Crippen MR) is 72.4 cm³/mol. The van der Waals surface area contributed by atoms with Crippen LogP contribution in [0.5, 0.6) is 0 Å². The molecule has 2 aromatic carbocycles. The Morgan fingerprint density at radius 1 is 1.17 bits per heavy atom. The number of hydrogen-bond acceptors (Lipinski definition) is 2. The number of aryl methyl sites for hydroxylation is 1. The van der Waals surface area contributed by atoms with E-state index in [1.165, 1.54) is 0 Å². The summed E-state index contributed by atoms with van der Waals surface area (Å²) in [5.41, 5.74) is 10.6. The molecule has 0 aliphatic rings. The van der Waals surface area contributed by atoms with E-state index < -0.39 is 5.97 Å². The van der Waals surface area contributed by atoms with Crippen molar-refractivity contribution in [2.45, 2.75) is 13.3 Å². The summed E-state index contributed by atoms with van der Waals surface area (Å²) in [5.74, 6) is -0.821. The number of hydrogen-bond donors (Lipinski definition) is 2. The van der Waals surface area contributed by atoms with Crippen molar-refractivity contribution in [3.8, 4) is 11.1 Å². The van der Waals surface area contributed by atoms with Crippen LogP contribution in [0.25, 0.3) is 11.1 Å². The van der Waals surface area contributed by atoms with Gasteiger partial charge in [-0.25, -0.2) is 0 Å². The van der Waals surface area contributed by atoms with Crippen molar-refractivity contribution in [2.24, 2.45) is 0 Å². The van der Waals surface area contributed by atoms with Crippen molar-refractivity contribution >= 4 is 11.7 Å². The van der Waals surface area contributed by atoms with Gasteiger partial charge in [0, 0.05) is 11.3 Å². The second kappa shape index (κ2) is 4.92. The number of carboxylic acid groups (broad SMARTS) is 1. The first-order valence-electron chi connectivity index (χ1n) is 5.73. The summed E-state index contributed by atoms with van der Waals surface area (Å²) in [4.78, 5) is 10.6. The van der Waals surface area contributed by atoms with Crippen LogP contribution in [-0.4, -0.2) is 11.1 Å². The number of nitrogens with two attached hydrogens (primary N) is 1. The Morgan fingerprint density at radius 2 is 1.83 bits per heavy atom. The number of anilines is 1. The Morgan fingerprint density at radius 3 is 2.44 bits per heavy atom. The van der Waals surface area contributed by atoms with E-state index in [4.69, 9.17) is 10.8 Å². The van der Waals surface area contributed by atoms with Gasteiger partial charge in [-0.2, -0.15) is 0 Å². The molecule has 3 heteroatoms. The number of rotatable bonds is 3. The van der Waals surface area contributed by atoms with Crippen molar-refractivity contribution in [3.05, 3.63) is 53.6 Å². The van der Waals surface area contributed by atoms with Crippen molar-refractivity contribution in [1.29, 1.82) is 0 Å². The van der Waals surface area contributed by atoms with Gasteiger partial charge < -0.3 is 10.8 Å². The number of benzene rings is 2. The van der Waals surface area contributed by atoms with Gasteiger partial charge in [-0.15, -0.1) is 0 Å². The molecule has 0 bridgehead atoms. The van der Waals surface area contributed by atoms with E-state index in [1.54, 1.807) is 0 Å². The van der Waals surface area contributed by atoms with Gasteiger partial charge in [0.1, 0.15) is 0 Å². The second-order valence-electron chi connectivity index (χ2n) is 4.36. The molecule has 0 radical (unpaired) electrons. The molecule has 0 fully saturated rings. The third-order valence-corrected chi connectivity index (χ3v) is 2.83. The van der Waals surface area contributed by atoms with Gasteiger partial charge in [-0.1, -0.05) is 35.9 Å². The Bertz CT molecular complexity index is 574. The van der Waals surface area contributed by atoms with Crippen LogP contribution in [0.2, 0.25) is 0 Å². The van der Waals surface area contributed by atoms with Crippen molar-refractivity contribution in [2.75, 3.05) is 5.73 Å². The Kier molecular flexibility index (Phi) is 3.33. The highest BCUT2D eigenvalue weighted by molar-refractivity contribution is 5.77. The summed E-state index contributed by atoms with van der Waals surface area (Å²) in [5, 5.41) is 8.71. The van der Waals surface area contributed by atoms with Crippen LogP contribution >= 0.6 is 0 Å². The monoisotopic (exact) mass is 241 g/mol. The Hall–Kier alpha value is -2.29. The Labute approximate surface area is 106 Å². The predicted octanol–water partition coefficient (Wildman–Crippen LogP) is 2.87. The minimum atomic E-state index is -0.821. The Balaban J connectivity index is 2.34. The first-order valence-corrected chi connectivity index (χ1v) is 5.73. The van der Waals surface area contributed by atoms with E-state index in [-0.39, 0.29) is 6.42 Å². The third-order valence-electron chi connectivity index (χ3n) is 2.83. The van der Waals surface area contributed by atoms with Crippen LogP contribution in [0.4, 0.5) is 5.69 Å². The molecule has 0 amide bonds. The SMILES string of the molecule is Cc1ccc(N)c(-c2ccc(CC(=O)O)cc2)c1. The lowest BCUT2D eigenvalue weighted by Crippen LogP contribution is -1.99. The largest absolute Gasteiger partial charge is 0.481 e. The van der Waals surface area contributed by atoms with Crippen LogP contribution in [0.3, 0.4) is 0 Å². The summed E-state index contributed by atoms with van der Waals surface area (Å²) in [6.07, 6.45) is 0.0452. The molecule has 0 aliphatic carbocycles. The molecule has 0 aromatic heterocycles. The summed E-state index contributed by atoms with van der Waals surface area (Å²) < 4.78 is 0. The smallest absolute Gasteiger partial charge is 0.307 e. The zero-order chi connectivity index (χ0) is 13.1. The van der Waals surface area contributed by atoms with Crippen LogP contribution in [0.15, 0.2) is 42.5 Å². The van der Waals surface area contributed by atoms with E-state index in [9.17, 15) is 4.79 Å². The molecule has 0 heterocycles. The lowest BCUT2D eigenvalue weighted by Gasteiger charge is -2.08. The topological polar surface area (TPSA) is 63.3 Å². The molecule has 3 nitrogen and oxygen atoms in total. The van der Waals surface area contributed by atoms with Crippen molar-refractivity contribution < 1.29 is 9.90 Å². The van der Waals surface area contributed by atoms with Crippen LogP contribution < -0.4 is 5.73 Å². The standard InChI is InChI=1S/C15H15NO2/c1-10-2-7-14(16)13(8-10)12-5-3-11(4-6-12)9-15(17)18/h2-8H,9,16H2,1H3,(H,17,18). The zero-order valence-electron chi connectivity index (χ0n) is 10.2. The minimum Gasteiger partial charge on any atom is -0.481 e. The molecule has 0 saturated heterocycles. The molecule has 2 aromatic rings. The van der Waals surface area contributed by atoms with Crippen molar-refractivity contribution in [1.82, 2.24) is 0 Å². The first kappa shape index (κ1) is 12.2. The molecular formula is C15H15NO2. The third kappa shape index (κ3) is 2.69. The summed E-state index contributed by atoms with van der Waals surface area (Å²) in [7, 11) is 0. The summed E-state index contributed by atoms with van der Waals surface area (Å²) in [6, 6.07) is 13.3. The fourth-order valence-corrected chi connectivity index (χ4v) is 1.90. The van der Waals surface area contributed by atoms with Gasteiger partial charge in [0.2, 0.25) is 0 Å². The van der Waals surface area contributed by atoms with Gasteiger partial charge in [0.25, 0.3) is 0 Å². The minimum absolute atomic E-state index is 0.0452. The molecule has 92 valence electrons. The molecule has 0 atom stereocenters. The van der Waals surface area contributed by atoms with E-state index in [0.717, 1.165) is 27.9 Å². The molecule has 0 unspecified atom stereocenters. The van der Waals surface area contributed by atoms with Gasteiger partial charge in [-0.05, 0) is 30.2 Å². The van der Waals surface area contributed by atoms with E-state index in [1.807, 2.05) is 49.4 Å². The lowest BCUT2D eigenvalue weighted by molar-refractivity contribution is -0.136. The maximum Gasteiger partial charge on any atom is 0.307 e. The maximum atomic E-state index is 10.6. The molecule has 18 heavy (non-hydrogen) atoms. The van der Waals surface area contributed by atoms with Gasteiger partial charge in [0.15, 0.2) is 0 Å². The highest BCUT2D eigenvalue weighted by Gasteiger charge is 2.04. The number of aliphatic carboxylic acids is 1. The van der Waals surface area contributed by atoms with Gasteiger partial charge in [-0.3, -0.25) is 4.79 Å². The number of carbonyl (C=O) groups is 1. The average Bonchev–Trinajstić information content (AvgIpc) is 2.33. The van der Waals surface area contributed by atoms with E-state index in [2.05, 4.69) is 0 Å². The maximum absolute atomic E-state index is 10.6. The van der Waals surface area contributed by atoms with Gasteiger partial charge in [0.05, 0.1) is 6.42 Å². The molecule has 0 spiro atoms. The summed E-state index contributed by atoms with van der Waals surface area (Å²) in [6.45, 7) is 2.02. The van der Waals surface area contributed by atoms with E-state index >= 15 is 0 Å². The average molecular weight is 241 g/mol. The second-order valence-corrected chi connectivity index (χ2v) is 4.36. The number of carboxylic acids is 1. The lowest BCUT2D eigenvalue weighted by atomic mass is 10.00. The molecule has 0 saturated carbocycles. The van der Waals surface area contributed by atoms with Crippen LogP contribution in [-0.2, 0) is 11.2 Å². The van der Waals surface area contributed by atoms with Crippen LogP contribution in [0.1, 0.15) is 11.1 Å². The van der Waals surface area contributed by atoms with Crippen LogP contribution in [0, 0.1) is 6.92 Å². The molecular weight excluding hydrogens is 226 g/mol. The molecule has 2 rings (SSSR count).